The molecule has 4 rings (SSSR count). The van der Waals surface area contributed by atoms with Crippen molar-refractivity contribution in [3.63, 3.8) is 0 Å². The van der Waals surface area contributed by atoms with Crippen molar-refractivity contribution in [3.8, 4) is 11.5 Å². The van der Waals surface area contributed by atoms with E-state index in [1.54, 1.807) is 66.9 Å². The Labute approximate surface area is 197 Å². The summed E-state index contributed by atoms with van der Waals surface area (Å²) in [7, 11) is 0. The summed E-state index contributed by atoms with van der Waals surface area (Å²) in [6.07, 6.45) is 3.09. The lowest BCUT2D eigenvalue weighted by Crippen LogP contribution is -2.20. The van der Waals surface area contributed by atoms with Crippen LogP contribution >= 0.6 is 0 Å². The summed E-state index contributed by atoms with van der Waals surface area (Å²) >= 11 is 0. The molecule has 0 atom stereocenters. The van der Waals surface area contributed by atoms with E-state index in [0.29, 0.717) is 35.0 Å². The van der Waals surface area contributed by atoms with Gasteiger partial charge in [0, 0.05) is 23.8 Å². The molecule has 0 aliphatic carbocycles. The van der Waals surface area contributed by atoms with E-state index in [0.717, 1.165) is 5.56 Å². The molecular weight excluding hydrogens is 430 g/mol. The number of nitrogens with zero attached hydrogens (tertiary/aromatic N) is 1. The first-order valence-corrected chi connectivity index (χ1v) is 10.7. The smallest absolute Gasteiger partial charge is 0.262 e. The highest BCUT2D eigenvalue weighted by Gasteiger charge is 2.08. The minimum Gasteiger partial charge on any atom is -0.489 e. The minimum absolute atomic E-state index is 0.156. The van der Waals surface area contributed by atoms with Crippen LogP contribution in [0.4, 0.5) is 11.4 Å². The second kappa shape index (κ2) is 11.3. The average molecular weight is 453 g/mol. The third-order valence-electron chi connectivity index (χ3n) is 4.77. The Morgan fingerprint density at radius 1 is 0.735 bits per heavy atom. The van der Waals surface area contributed by atoms with Crippen LogP contribution in [0.15, 0.2) is 103 Å². The van der Waals surface area contributed by atoms with Crippen LogP contribution in [0.25, 0.3) is 0 Å². The molecule has 0 radical (unpaired) electrons. The number of hydrogen-bond acceptors (Lipinski definition) is 5. The largest absolute Gasteiger partial charge is 0.489 e. The van der Waals surface area contributed by atoms with Gasteiger partial charge in [0.05, 0.1) is 5.56 Å². The fourth-order valence-corrected chi connectivity index (χ4v) is 3.09. The fourth-order valence-electron chi connectivity index (χ4n) is 3.09. The number of aromatic nitrogens is 1. The third kappa shape index (κ3) is 6.67. The van der Waals surface area contributed by atoms with E-state index >= 15 is 0 Å². The summed E-state index contributed by atoms with van der Waals surface area (Å²) in [5.41, 5.74) is 2.63. The van der Waals surface area contributed by atoms with Crippen molar-refractivity contribution < 1.29 is 19.1 Å². The van der Waals surface area contributed by atoms with Crippen LogP contribution in [0, 0.1) is 0 Å². The van der Waals surface area contributed by atoms with Crippen molar-refractivity contribution in [2.75, 3.05) is 17.2 Å². The van der Waals surface area contributed by atoms with Crippen LogP contribution in [0.2, 0.25) is 0 Å². The van der Waals surface area contributed by atoms with Crippen LogP contribution in [-0.2, 0) is 11.4 Å². The molecule has 170 valence electrons. The lowest BCUT2D eigenvalue weighted by molar-refractivity contribution is -0.118. The Bertz CT molecular complexity index is 1230. The van der Waals surface area contributed by atoms with E-state index in [9.17, 15) is 9.59 Å². The first kappa shape index (κ1) is 22.5. The number of hydrogen-bond donors (Lipinski definition) is 2. The second-order valence-corrected chi connectivity index (χ2v) is 7.36. The maximum atomic E-state index is 12.3. The molecule has 7 nitrogen and oxygen atoms in total. The summed E-state index contributed by atoms with van der Waals surface area (Å²) in [5, 5.41) is 5.55. The number of ether oxygens (including phenoxy) is 2. The number of carbonyl (C=O) groups excluding carboxylic acids is 2. The van der Waals surface area contributed by atoms with Gasteiger partial charge in [-0.1, -0.05) is 36.4 Å². The molecule has 34 heavy (non-hydrogen) atoms. The quantitative estimate of drug-likeness (QED) is 0.375. The molecule has 0 spiro atoms. The topological polar surface area (TPSA) is 89.5 Å². The lowest BCUT2D eigenvalue weighted by atomic mass is 10.2. The Hall–Kier alpha value is -4.65. The number of anilines is 2. The van der Waals surface area contributed by atoms with Gasteiger partial charge in [0.15, 0.2) is 6.61 Å². The number of nitrogens with one attached hydrogen (secondary N) is 2. The average Bonchev–Trinajstić information content (AvgIpc) is 2.88. The van der Waals surface area contributed by atoms with Gasteiger partial charge in [-0.05, 0) is 60.2 Å². The zero-order chi connectivity index (χ0) is 23.6. The van der Waals surface area contributed by atoms with E-state index < -0.39 is 0 Å². The molecule has 1 heterocycles. The highest BCUT2D eigenvalue weighted by molar-refractivity contribution is 6.04. The molecule has 7 heteroatoms. The Morgan fingerprint density at radius 2 is 1.44 bits per heavy atom. The van der Waals surface area contributed by atoms with E-state index in [4.69, 9.17) is 9.47 Å². The van der Waals surface area contributed by atoms with Crippen LogP contribution < -0.4 is 20.1 Å². The molecule has 2 amide bonds. The van der Waals surface area contributed by atoms with Crippen molar-refractivity contribution in [2.24, 2.45) is 0 Å². The molecule has 0 saturated carbocycles. The minimum atomic E-state index is -0.319. The van der Waals surface area contributed by atoms with Gasteiger partial charge < -0.3 is 20.1 Å². The second-order valence-electron chi connectivity index (χ2n) is 7.36. The number of carbonyl (C=O) groups is 2. The van der Waals surface area contributed by atoms with Gasteiger partial charge >= 0.3 is 0 Å². The summed E-state index contributed by atoms with van der Waals surface area (Å²) < 4.78 is 11.3. The monoisotopic (exact) mass is 453 g/mol. The van der Waals surface area contributed by atoms with Gasteiger partial charge in [0.2, 0.25) is 0 Å². The summed E-state index contributed by atoms with van der Waals surface area (Å²) in [5.74, 6) is 0.668. The van der Waals surface area contributed by atoms with Crippen molar-refractivity contribution >= 4 is 23.2 Å². The highest BCUT2D eigenvalue weighted by atomic mass is 16.5. The first-order chi connectivity index (χ1) is 16.7. The maximum Gasteiger partial charge on any atom is 0.262 e. The molecule has 0 aliphatic heterocycles. The van der Waals surface area contributed by atoms with E-state index in [2.05, 4.69) is 15.6 Å². The summed E-state index contributed by atoms with van der Waals surface area (Å²) in [6, 6.07) is 27.2. The Morgan fingerprint density at radius 3 is 2.15 bits per heavy atom. The van der Waals surface area contributed by atoms with Crippen molar-refractivity contribution in [1.29, 1.82) is 0 Å². The normalized spacial score (nSPS) is 10.2. The molecule has 0 saturated heterocycles. The van der Waals surface area contributed by atoms with Crippen LogP contribution in [0.3, 0.4) is 0 Å². The predicted molar refractivity (Wildman–Crippen MR) is 130 cm³/mol. The standard InChI is InChI=1S/C27H23N3O4/c31-26(19-34-25-13-11-24(12-14-25)33-18-20-6-2-1-3-7-20)29-22-9-4-10-23(16-22)30-27(32)21-8-5-15-28-17-21/h1-17H,18-19H2,(H,29,31)(H,30,32). The van der Waals surface area contributed by atoms with Crippen molar-refractivity contribution in [2.45, 2.75) is 6.61 Å². The van der Waals surface area contributed by atoms with E-state index in [1.807, 2.05) is 30.3 Å². The van der Waals surface area contributed by atoms with Crippen LogP contribution in [0.1, 0.15) is 15.9 Å². The molecule has 0 bridgehead atoms. The number of pyridine rings is 1. The molecule has 3 aromatic carbocycles. The predicted octanol–water partition coefficient (Wildman–Crippen LogP) is 4.93. The molecule has 4 aromatic rings. The van der Waals surface area contributed by atoms with Crippen LogP contribution in [-0.4, -0.2) is 23.4 Å². The molecule has 1 aromatic heterocycles. The van der Waals surface area contributed by atoms with E-state index in [1.165, 1.54) is 6.20 Å². The summed E-state index contributed by atoms with van der Waals surface area (Å²) in [6.45, 7) is 0.321. The highest BCUT2D eigenvalue weighted by Crippen LogP contribution is 2.19. The SMILES string of the molecule is O=C(COc1ccc(OCc2ccccc2)cc1)Nc1cccc(NC(=O)c2cccnc2)c1. The first-order valence-electron chi connectivity index (χ1n) is 10.7. The van der Waals surface area contributed by atoms with Crippen molar-refractivity contribution in [3.05, 3.63) is 115 Å². The molecule has 0 fully saturated rings. The number of rotatable bonds is 9. The number of benzene rings is 3. The van der Waals surface area contributed by atoms with Gasteiger partial charge in [0.1, 0.15) is 18.1 Å². The van der Waals surface area contributed by atoms with E-state index in [-0.39, 0.29) is 18.4 Å². The summed E-state index contributed by atoms with van der Waals surface area (Å²) in [4.78, 5) is 28.5. The maximum absolute atomic E-state index is 12.3. The molecule has 2 N–H and O–H groups in total. The Balaban J connectivity index is 1.24. The van der Waals surface area contributed by atoms with Gasteiger partial charge in [-0.25, -0.2) is 0 Å². The Kier molecular flexibility index (Phi) is 7.48. The van der Waals surface area contributed by atoms with Gasteiger partial charge in [0.25, 0.3) is 11.8 Å². The lowest BCUT2D eigenvalue weighted by Gasteiger charge is -2.10. The number of amides is 2. The van der Waals surface area contributed by atoms with Gasteiger partial charge in [-0.2, -0.15) is 0 Å². The van der Waals surface area contributed by atoms with Crippen LogP contribution in [0.5, 0.6) is 11.5 Å². The molecular formula is C27H23N3O4. The van der Waals surface area contributed by atoms with Gasteiger partial charge in [-0.3, -0.25) is 14.6 Å². The van der Waals surface area contributed by atoms with Gasteiger partial charge in [-0.15, -0.1) is 0 Å². The fraction of sp³-hybridized carbons (Fsp3) is 0.0741. The molecule has 0 unspecified atom stereocenters. The molecule has 0 aliphatic rings. The zero-order valence-corrected chi connectivity index (χ0v) is 18.3. The third-order valence-corrected chi connectivity index (χ3v) is 4.77. The van der Waals surface area contributed by atoms with Crippen molar-refractivity contribution in [1.82, 2.24) is 4.98 Å². The zero-order valence-electron chi connectivity index (χ0n) is 18.3.